The lowest BCUT2D eigenvalue weighted by Gasteiger charge is -2.38. The largest absolute Gasteiger partial charge is 0.478 e. The summed E-state index contributed by atoms with van der Waals surface area (Å²) in [6.07, 6.45) is 28.7. The first kappa shape index (κ1) is 53.1. The normalized spacial score (nSPS) is 21.7. The Balaban J connectivity index is 0.000000231. The number of carboxylic acid groups (broad SMARTS) is 1. The van der Waals surface area contributed by atoms with Gasteiger partial charge in [-0.1, -0.05) is 37.8 Å². The van der Waals surface area contributed by atoms with Crippen molar-refractivity contribution in [3.8, 4) is 11.6 Å². The van der Waals surface area contributed by atoms with Gasteiger partial charge >= 0.3 is 5.97 Å². The number of carbonyl (C=O) groups is 2. The van der Waals surface area contributed by atoms with Gasteiger partial charge in [0.05, 0.1) is 36.5 Å². The van der Waals surface area contributed by atoms with Gasteiger partial charge in [-0.2, -0.15) is 10.2 Å². The third kappa shape index (κ3) is 17.0. The molecule has 8 rings (SSSR count). The van der Waals surface area contributed by atoms with E-state index in [1.165, 1.54) is 76.8 Å². The fourth-order valence-electron chi connectivity index (χ4n) is 9.03. The second-order valence-electron chi connectivity index (χ2n) is 17.1. The van der Waals surface area contributed by atoms with Crippen LogP contribution < -0.4 is 11.1 Å². The molecule has 17 heteroatoms. The fraction of sp³-hybridized carbons (Fsp3) is 0.542. The van der Waals surface area contributed by atoms with Crippen LogP contribution in [0.5, 0.6) is 0 Å². The molecule has 6 heterocycles. The minimum Gasteiger partial charge on any atom is -0.478 e. The average molecular weight is 938 g/mol. The molecule has 2 saturated heterocycles. The van der Waals surface area contributed by atoms with Crippen molar-refractivity contribution in [3.63, 3.8) is 0 Å². The van der Waals surface area contributed by atoms with Crippen LogP contribution in [0.3, 0.4) is 0 Å². The second kappa shape index (κ2) is 28.5. The Kier molecular flexibility index (Phi) is 23.3. The molecule has 2 aliphatic heterocycles. The summed E-state index contributed by atoms with van der Waals surface area (Å²) < 4.78 is 14.8. The zero-order valence-electron chi connectivity index (χ0n) is 37.7. The standard InChI is InChI=1S/C24H33N5O2.C15H28N2O.C9H7N3O2.2ClH/c1-2-16-31-21-10-14-28(15-11-21)18-20-6-3-4-7-22(20)27-24(30)19-8-9-23(25-17-19)29-13-5-12-26-29;1-2-11-18-14-7-9-17(10-8-14)12-13-5-3-4-6-15(13)16;13-9(14)7-2-3-8(10-6-7)12-5-1-4-11-12;;/h2,5,8-9,12-13,17,20-22H,1,3-4,6-7,10-11,14-16,18H2,(H,27,30);2,13-15H,1,3-12,16H2;1-6H,(H,13,14);2*1H/t20-,22+;13-,15+;;;/m00.../s1. The van der Waals surface area contributed by atoms with Gasteiger partial charge in [-0.15, -0.1) is 38.0 Å². The molecule has 4 N–H and O–H groups in total. The van der Waals surface area contributed by atoms with Crippen LogP contribution in [0.2, 0.25) is 0 Å². The molecule has 4 aromatic heterocycles. The van der Waals surface area contributed by atoms with Crippen molar-refractivity contribution in [2.45, 2.75) is 101 Å². The molecule has 4 fully saturated rings. The van der Waals surface area contributed by atoms with Gasteiger partial charge in [0, 0.05) is 88.5 Å². The van der Waals surface area contributed by atoms with Crippen LogP contribution in [0.1, 0.15) is 97.8 Å². The molecule has 0 spiro atoms. The molecular formula is C48H70Cl2N10O5. The summed E-state index contributed by atoms with van der Waals surface area (Å²) in [5.74, 6) is 1.51. The number of aromatic nitrogens is 6. The molecule has 0 unspecified atom stereocenters. The minimum absolute atomic E-state index is 0. The van der Waals surface area contributed by atoms with Crippen molar-refractivity contribution < 1.29 is 24.2 Å². The number of nitrogens with one attached hydrogen (secondary N) is 1. The average Bonchev–Trinajstić information content (AvgIpc) is 4.07. The monoisotopic (exact) mass is 936 g/mol. The highest BCUT2D eigenvalue weighted by Crippen LogP contribution is 2.28. The van der Waals surface area contributed by atoms with Gasteiger partial charge < -0.3 is 35.4 Å². The van der Waals surface area contributed by atoms with Crippen LogP contribution >= 0.6 is 24.8 Å². The van der Waals surface area contributed by atoms with Crippen LogP contribution in [-0.4, -0.2) is 133 Å². The van der Waals surface area contributed by atoms with Crippen LogP contribution in [-0.2, 0) is 9.47 Å². The Morgan fingerprint density at radius 1 is 0.692 bits per heavy atom. The molecule has 356 valence electrons. The lowest BCUT2D eigenvalue weighted by Crippen LogP contribution is -2.48. The van der Waals surface area contributed by atoms with Crippen LogP contribution in [0, 0.1) is 11.8 Å². The van der Waals surface area contributed by atoms with Crippen LogP contribution in [0.25, 0.3) is 11.6 Å². The van der Waals surface area contributed by atoms with Crippen molar-refractivity contribution in [3.05, 3.63) is 110 Å². The number of halogens is 2. The molecule has 4 aromatic rings. The Hall–Kier alpha value is -4.48. The molecule has 0 bridgehead atoms. The second-order valence-corrected chi connectivity index (χ2v) is 17.1. The maximum atomic E-state index is 12.9. The van der Waals surface area contributed by atoms with Crippen molar-refractivity contribution in [2.24, 2.45) is 17.6 Å². The summed E-state index contributed by atoms with van der Waals surface area (Å²) in [5.41, 5.74) is 6.99. The third-order valence-corrected chi connectivity index (χ3v) is 12.6. The lowest BCUT2D eigenvalue weighted by molar-refractivity contribution is 0.0154. The summed E-state index contributed by atoms with van der Waals surface area (Å²) in [5, 5.41) is 20.1. The summed E-state index contributed by atoms with van der Waals surface area (Å²) in [7, 11) is 0. The molecule has 2 aliphatic carbocycles. The molecule has 4 aliphatic rings. The topological polar surface area (TPSA) is 179 Å². The molecule has 2 saturated carbocycles. The molecular weight excluding hydrogens is 867 g/mol. The summed E-state index contributed by atoms with van der Waals surface area (Å²) >= 11 is 0. The summed E-state index contributed by atoms with van der Waals surface area (Å²) in [4.78, 5) is 36.9. The number of piperidine rings is 2. The lowest BCUT2D eigenvalue weighted by atomic mass is 9.83. The fourth-order valence-corrected chi connectivity index (χ4v) is 9.03. The first-order valence-corrected chi connectivity index (χ1v) is 22.9. The van der Waals surface area contributed by atoms with E-state index in [2.05, 4.69) is 48.4 Å². The van der Waals surface area contributed by atoms with Crippen molar-refractivity contribution >= 4 is 36.7 Å². The van der Waals surface area contributed by atoms with E-state index < -0.39 is 5.97 Å². The van der Waals surface area contributed by atoms with Gasteiger partial charge in [-0.25, -0.2) is 24.1 Å². The number of hydrogen-bond donors (Lipinski definition) is 3. The van der Waals surface area contributed by atoms with E-state index in [9.17, 15) is 9.59 Å². The van der Waals surface area contributed by atoms with E-state index in [1.54, 1.807) is 46.3 Å². The number of nitrogens with two attached hydrogens (primary N) is 1. The van der Waals surface area contributed by atoms with Gasteiger partial charge in [0.2, 0.25) is 0 Å². The number of nitrogens with zero attached hydrogens (tertiary/aromatic N) is 8. The van der Waals surface area contributed by atoms with Crippen molar-refractivity contribution in [1.29, 1.82) is 0 Å². The Labute approximate surface area is 397 Å². The number of pyridine rings is 2. The van der Waals surface area contributed by atoms with E-state index >= 15 is 0 Å². The van der Waals surface area contributed by atoms with Crippen molar-refractivity contribution in [2.75, 3.05) is 52.5 Å². The molecule has 65 heavy (non-hydrogen) atoms. The first-order valence-electron chi connectivity index (χ1n) is 22.9. The van der Waals surface area contributed by atoms with Gasteiger partial charge in [-0.05, 0) is 99.6 Å². The zero-order chi connectivity index (χ0) is 44.2. The predicted octanol–water partition coefficient (Wildman–Crippen LogP) is 7.20. The Morgan fingerprint density at radius 2 is 1.17 bits per heavy atom. The maximum absolute atomic E-state index is 12.9. The zero-order valence-corrected chi connectivity index (χ0v) is 39.3. The van der Waals surface area contributed by atoms with E-state index in [0.717, 1.165) is 57.7 Å². The minimum atomic E-state index is -0.982. The van der Waals surface area contributed by atoms with E-state index in [1.807, 2.05) is 36.5 Å². The van der Waals surface area contributed by atoms with E-state index in [-0.39, 0.29) is 42.3 Å². The predicted molar refractivity (Wildman–Crippen MR) is 259 cm³/mol. The number of hydrogen-bond acceptors (Lipinski definition) is 11. The smallest absolute Gasteiger partial charge is 0.337 e. The number of aromatic carboxylic acids is 1. The van der Waals surface area contributed by atoms with Gasteiger partial charge in [0.15, 0.2) is 11.6 Å². The maximum Gasteiger partial charge on any atom is 0.337 e. The highest BCUT2D eigenvalue weighted by molar-refractivity contribution is 5.94. The van der Waals surface area contributed by atoms with Crippen molar-refractivity contribution in [1.82, 2.24) is 44.6 Å². The number of rotatable bonds is 15. The Morgan fingerprint density at radius 3 is 1.62 bits per heavy atom. The van der Waals surface area contributed by atoms with Gasteiger partial charge in [-0.3, -0.25) is 4.79 Å². The van der Waals surface area contributed by atoms with Gasteiger partial charge in [0.25, 0.3) is 5.91 Å². The summed E-state index contributed by atoms with van der Waals surface area (Å²) in [6, 6.07) is 11.0. The molecule has 0 aromatic carbocycles. The molecule has 15 nitrogen and oxygen atoms in total. The highest BCUT2D eigenvalue weighted by Gasteiger charge is 2.31. The Bertz CT molecular complexity index is 1940. The number of likely N-dealkylation sites (tertiary alicyclic amines) is 2. The molecule has 4 atom stereocenters. The highest BCUT2D eigenvalue weighted by atomic mass is 35.5. The van der Waals surface area contributed by atoms with E-state index in [0.29, 0.717) is 54.6 Å². The third-order valence-electron chi connectivity index (χ3n) is 12.6. The summed E-state index contributed by atoms with van der Waals surface area (Å²) in [6.45, 7) is 15.5. The quantitative estimate of drug-likeness (QED) is 0.102. The SMILES string of the molecule is C=CCOC1CCN(C[C@@H]2CCCC[C@H]2N)CC1.C=CCOC1CCN(C[C@@H]2CCCC[C@H]2NC(=O)c2ccc(-n3cccn3)nc2)CC1.Cl.Cl.O=C(O)c1ccc(-n2cccn2)nc1. The first-order chi connectivity index (χ1) is 30.8. The molecule has 0 radical (unpaired) electrons. The number of carboxylic acids is 1. The van der Waals surface area contributed by atoms with Crippen LogP contribution in [0.15, 0.2) is 98.9 Å². The van der Waals surface area contributed by atoms with Gasteiger partial charge in [0.1, 0.15) is 0 Å². The van der Waals surface area contributed by atoms with Crippen LogP contribution in [0.4, 0.5) is 0 Å². The number of carbonyl (C=O) groups excluding carboxylic acids is 1. The number of ether oxygens (including phenoxy) is 2. The van der Waals surface area contributed by atoms with E-state index in [4.69, 9.17) is 20.3 Å². The molecule has 1 amide bonds. The number of amides is 1.